The van der Waals surface area contributed by atoms with Gasteiger partial charge in [-0.15, -0.1) is 0 Å². The minimum Gasteiger partial charge on any atom is -0.496 e. The van der Waals surface area contributed by atoms with E-state index < -0.39 is 0 Å². The van der Waals surface area contributed by atoms with Gasteiger partial charge < -0.3 is 20.1 Å². The molecule has 0 fully saturated rings. The number of nitrogens with one attached hydrogen (secondary N) is 2. The van der Waals surface area contributed by atoms with E-state index in [9.17, 15) is 14.8 Å². The first-order chi connectivity index (χ1) is 13.3. The number of rotatable bonds is 11. The maximum atomic E-state index is 12.5. The standard InChI is InChI=1S/C20H29N3O5/c1-13-15(11-21-3)19(27-5)14(2)20(28-6)18(13)22-12-17(25)16(23(4)26)9-7-8-10-24/h7-10,21-22,26H,11-12H2,1-6H3/b8-7-,16-9-. The zero-order valence-corrected chi connectivity index (χ0v) is 17.3. The zero-order valence-electron chi connectivity index (χ0n) is 17.3. The van der Waals surface area contributed by atoms with Crippen molar-refractivity contribution in [3.63, 3.8) is 0 Å². The van der Waals surface area contributed by atoms with Crippen LogP contribution in [-0.2, 0) is 16.1 Å². The van der Waals surface area contributed by atoms with E-state index in [1.54, 1.807) is 14.2 Å². The Hall–Kier alpha value is -2.84. The van der Waals surface area contributed by atoms with Crippen LogP contribution in [0.2, 0.25) is 0 Å². The Balaban J connectivity index is 3.27. The van der Waals surface area contributed by atoms with E-state index in [-0.39, 0.29) is 18.0 Å². The third-order valence-electron chi connectivity index (χ3n) is 4.28. The molecule has 0 aromatic heterocycles. The molecule has 0 amide bonds. The second-order valence-corrected chi connectivity index (χ2v) is 6.07. The van der Waals surface area contributed by atoms with Gasteiger partial charge in [0.2, 0.25) is 0 Å². The Bertz CT molecular complexity index is 770. The molecule has 0 saturated carbocycles. The molecule has 8 nitrogen and oxygen atoms in total. The molecule has 28 heavy (non-hydrogen) atoms. The third kappa shape index (κ3) is 5.34. The molecule has 0 aliphatic carbocycles. The van der Waals surface area contributed by atoms with Gasteiger partial charge >= 0.3 is 0 Å². The van der Waals surface area contributed by atoms with Crippen molar-refractivity contribution in [2.45, 2.75) is 20.4 Å². The van der Waals surface area contributed by atoms with Crippen LogP contribution in [0.4, 0.5) is 5.69 Å². The van der Waals surface area contributed by atoms with Crippen molar-refractivity contribution >= 4 is 17.8 Å². The number of ketones is 1. The predicted octanol–water partition coefficient (Wildman–Crippen LogP) is 1.98. The number of nitrogens with zero attached hydrogens (tertiary/aromatic N) is 1. The number of carbonyl (C=O) groups excluding carboxylic acids is 2. The first kappa shape index (κ1) is 23.2. The van der Waals surface area contributed by atoms with Gasteiger partial charge in [0, 0.05) is 24.7 Å². The lowest BCUT2D eigenvalue weighted by molar-refractivity contribution is -0.121. The number of Topliss-reactive ketones (excluding diaryl/α,β-unsaturated/α-hetero) is 1. The highest BCUT2D eigenvalue weighted by molar-refractivity contribution is 5.98. The molecule has 0 aliphatic heterocycles. The second-order valence-electron chi connectivity index (χ2n) is 6.07. The fraction of sp³-hybridized carbons (Fsp3) is 0.400. The molecule has 1 aromatic rings. The van der Waals surface area contributed by atoms with Crippen LogP contribution in [0.5, 0.6) is 11.5 Å². The molecule has 0 spiro atoms. The van der Waals surface area contributed by atoms with Gasteiger partial charge in [-0.1, -0.05) is 6.08 Å². The largest absolute Gasteiger partial charge is 0.496 e. The highest BCUT2D eigenvalue weighted by atomic mass is 16.5. The van der Waals surface area contributed by atoms with Crippen molar-refractivity contribution in [1.29, 1.82) is 0 Å². The summed E-state index contributed by atoms with van der Waals surface area (Å²) in [6.45, 7) is 4.32. The van der Waals surface area contributed by atoms with Gasteiger partial charge in [0.05, 0.1) is 26.5 Å². The molecular formula is C20H29N3O5. The average molecular weight is 391 g/mol. The van der Waals surface area contributed by atoms with Gasteiger partial charge in [-0.3, -0.25) is 19.9 Å². The summed E-state index contributed by atoms with van der Waals surface area (Å²) < 4.78 is 11.1. The highest BCUT2D eigenvalue weighted by Gasteiger charge is 2.22. The Morgan fingerprint density at radius 2 is 1.79 bits per heavy atom. The number of allylic oxidation sites excluding steroid dienone is 3. The number of hydrogen-bond donors (Lipinski definition) is 3. The van der Waals surface area contributed by atoms with E-state index in [0.29, 0.717) is 24.3 Å². The summed E-state index contributed by atoms with van der Waals surface area (Å²) in [4.78, 5) is 22.9. The lowest BCUT2D eigenvalue weighted by atomic mass is 9.99. The van der Waals surface area contributed by atoms with Crippen LogP contribution in [0.15, 0.2) is 23.9 Å². The first-order valence-electron chi connectivity index (χ1n) is 8.74. The molecule has 0 radical (unpaired) electrons. The molecule has 0 saturated heterocycles. The normalized spacial score (nSPS) is 11.5. The maximum Gasteiger partial charge on any atom is 0.200 e. The summed E-state index contributed by atoms with van der Waals surface area (Å²) in [6.07, 6.45) is 4.58. The highest BCUT2D eigenvalue weighted by Crippen LogP contribution is 2.41. The van der Waals surface area contributed by atoms with E-state index in [2.05, 4.69) is 10.6 Å². The number of anilines is 1. The van der Waals surface area contributed by atoms with Crippen LogP contribution >= 0.6 is 0 Å². The minimum atomic E-state index is -0.356. The molecule has 0 unspecified atom stereocenters. The number of benzene rings is 1. The van der Waals surface area contributed by atoms with Crippen molar-refractivity contribution in [3.8, 4) is 11.5 Å². The third-order valence-corrected chi connectivity index (χ3v) is 4.28. The molecule has 154 valence electrons. The quantitative estimate of drug-likeness (QED) is 0.228. The van der Waals surface area contributed by atoms with Crippen LogP contribution in [0, 0.1) is 13.8 Å². The lowest BCUT2D eigenvalue weighted by Crippen LogP contribution is -2.26. The number of carbonyl (C=O) groups is 2. The SMILES string of the molecule is CNCc1c(C)c(NCC(=O)/C(=C/C=C\C=O)N(C)O)c(OC)c(C)c1OC. The summed E-state index contributed by atoms with van der Waals surface area (Å²) in [6, 6.07) is 0. The molecular weight excluding hydrogens is 362 g/mol. The fourth-order valence-electron chi connectivity index (χ4n) is 2.97. The number of likely N-dealkylation sites (N-methyl/N-ethyl adjacent to an activating group) is 1. The van der Waals surface area contributed by atoms with Crippen LogP contribution in [0.3, 0.4) is 0 Å². The zero-order chi connectivity index (χ0) is 21.3. The van der Waals surface area contributed by atoms with Gasteiger partial charge in [-0.25, -0.2) is 0 Å². The molecule has 3 N–H and O–H groups in total. The van der Waals surface area contributed by atoms with Crippen LogP contribution in [0.25, 0.3) is 0 Å². The molecule has 1 aromatic carbocycles. The van der Waals surface area contributed by atoms with Crippen molar-refractivity contribution in [2.24, 2.45) is 0 Å². The average Bonchev–Trinajstić information content (AvgIpc) is 2.66. The van der Waals surface area contributed by atoms with Crippen molar-refractivity contribution in [2.75, 3.05) is 40.2 Å². The van der Waals surface area contributed by atoms with Gasteiger partial charge in [0.25, 0.3) is 0 Å². The Kier molecular flexibility index (Phi) is 9.20. The van der Waals surface area contributed by atoms with Gasteiger partial charge in [-0.2, -0.15) is 0 Å². The summed E-state index contributed by atoms with van der Waals surface area (Å²) >= 11 is 0. The fourth-order valence-corrected chi connectivity index (χ4v) is 2.97. The van der Waals surface area contributed by atoms with E-state index >= 15 is 0 Å². The molecule has 0 aliphatic rings. The predicted molar refractivity (Wildman–Crippen MR) is 108 cm³/mol. The molecule has 0 atom stereocenters. The smallest absolute Gasteiger partial charge is 0.200 e. The van der Waals surface area contributed by atoms with Gasteiger partial charge in [0.15, 0.2) is 5.78 Å². The Morgan fingerprint density at radius 3 is 2.29 bits per heavy atom. The van der Waals surface area contributed by atoms with E-state index in [0.717, 1.165) is 27.5 Å². The summed E-state index contributed by atoms with van der Waals surface area (Å²) in [7, 11) is 6.35. The van der Waals surface area contributed by atoms with Gasteiger partial charge in [0.1, 0.15) is 23.5 Å². The molecule has 1 rings (SSSR count). The summed E-state index contributed by atoms with van der Waals surface area (Å²) in [5.41, 5.74) is 3.40. The van der Waals surface area contributed by atoms with Crippen molar-refractivity contribution < 1.29 is 24.3 Å². The van der Waals surface area contributed by atoms with Gasteiger partial charge in [-0.05, 0) is 38.6 Å². The molecule has 0 bridgehead atoms. The number of aldehydes is 1. The van der Waals surface area contributed by atoms with E-state index in [1.165, 1.54) is 25.3 Å². The van der Waals surface area contributed by atoms with E-state index in [4.69, 9.17) is 9.47 Å². The minimum absolute atomic E-state index is 0.0444. The first-order valence-corrected chi connectivity index (χ1v) is 8.74. The van der Waals surface area contributed by atoms with Crippen LogP contribution in [0.1, 0.15) is 16.7 Å². The molecule has 8 heteroatoms. The summed E-state index contributed by atoms with van der Waals surface area (Å²) in [5.74, 6) is 0.964. The topological polar surface area (TPSA) is 100 Å². The lowest BCUT2D eigenvalue weighted by Gasteiger charge is -2.23. The number of hydrogen-bond acceptors (Lipinski definition) is 8. The number of methoxy groups -OCH3 is 2. The van der Waals surface area contributed by atoms with Crippen molar-refractivity contribution in [1.82, 2.24) is 10.4 Å². The molecule has 0 heterocycles. The Morgan fingerprint density at radius 1 is 1.14 bits per heavy atom. The van der Waals surface area contributed by atoms with E-state index in [1.807, 2.05) is 20.9 Å². The number of ether oxygens (including phenoxy) is 2. The summed E-state index contributed by atoms with van der Waals surface area (Å²) in [5, 5.41) is 16.7. The maximum absolute atomic E-state index is 12.5. The Labute approximate surface area is 165 Å². The second kappa shape index (κ2) is 11.1. The van der Waals surface area contributed by atoms with Crippen LogP contribution < -0.4 is 20.1 Å². The monoisotopic (exact) mass is 391 g/mol. The van der Waals surface area contributed by atoms with Crippen molar-refractivity contribution in [3.05, 3.63) is 40.6 Å². The van der Waals surface area contributed by atoms with Crippen LogP contribution in [-0.4, -0.2) is 57.2 Å². The number of hydroxylamine groups is 2.